The first-order chi connectivity index (χ1) is 21.4. The number of nitrogens with zero attached hydrogens (tertiary/aromatic N) is 4. The third-order valence-electron chi connectivity index (χ3n) is 6.62. The second kappa shape index (κ2) is 13.0. The number of nitro benzene ring substituents is 1. The number of carbonyl (C=O) groups is 1. The number of esters is 1. The Morgan fingerprint density at radius 2 is 1.91 bits per heavy atom. The van der Waals surface area contributed by atoms with Crippen LogP contribution in [0.5, 0.6) is 5.75 Å². The van der Waals surface area contributed by atoms with Gasteiger partial charge in [0, 0.05) is 17.8 Å². The van der Waals surface area contributed by atoms with E-state index in [0.29, 0.717) is 39.7 Å². The molecule has 45 heavy (non-hydrogen) atoms. The van der Waals surface area contributed by atoms with Crippen LogP contribution >= 0.6 is 23.1 Å². The summed E-state index contributed by atoms with van der Waals surface area (Å²) in [6.45, 7) is 9.21. The molecule has 0 saturated carbocycles. The van der Waals surface area contributed by atoms with E-state index in [9.17, 15) is 24.5 Å². The molecule has 0 unspecified atom stereocenters. The third kappa shape index (κ3) is 6.81. The Balaban J connectivity index is 1.61. The number of rotatable bonds is 9. The number of hydrogen-bond donors (Lipinski definition) is 1. The lowest BCUT2D eigenvalue weighted by Crippen LogP contribution is -2.40. The quantitative estimate of drug-likeness (QED) is 0.122. The van der Waals surface area contributed by atoms with E-state index in [1.807, 2.05) is 6.92 Å². The molecule has 0 bridgehead atoms. The molecule has 0 radical (unpaired) electrons. The molecule has 14 heteroatoms. The number of nitrogens with one attached hydrogen (secondary N) is 1. The highest BCUT2D eigenvalue weighted by Gasteiger charge is 2.34. The van der Waals surface area contributed by atoms with Gasteiger partial charge in [-0.05, 0) is 81.8 Å². The van der Waals surface area contributed by atoms with Gasteiger partial charge in [-0.3, -0.25) is 24.3 Å². The molecule has 12 nitrogen and oxygen atoms in total. The van der Waals surface area contributed by atoms with Crippen molar-refractivity contribution in [3.63, 3.8) is 0 Å². The second-order valence-electron chi connectivity index (χ2n) is 10.3. The standard InChI is InChI=1S/C31H29N5O7S2/c1-6-42-21-10-8-20(9-11-21)27-26(29(39)43-16(2)3)18(5)33-31-35(27)28(38)24(45-31)15-19-7-12-23(22(14-19)36(40)41)44-30-32-17(4)13-25(37)34-30/h7-16,27H,6H2,1-5H3,(H,32,34,37)/b24-15-/t27-/m0/s1. The molecule has 2 aromatic carbocycles. The monoisotopic (exact) mass is 647 g/mol. The number of aromatic nitrogens is 3. The van der Waals surface area contributed by atoms with E-state index in [1.165, 1.54) is 16.7 Å². The van der Waals surface area contributed by atoms with Gasteiger partial charge >= 0.3 is 5.97 Å². The molecule has 232 valence electrons. The molecule has 5 rings (SSSR count). The van der Waals surface area contributed by atoms with Crippen molar-refractivity contribution < 1.29 is 19.2 Å². The first-order valence-electron chi connectivity index (χ1n) is 14.0. The summed E-state index contributed by atoms with van der Waals surface area (Å²) >= 11 is 2.08. The van der Waals surface area contributed by atoms with Gasteiger partial charge in [0.15, 0.2) is 9.96 Å². The fourth-order valence-corrected chi connectivity index (χ4v) is 6.77. The van der Waals surface area contributed by atoms with Crippen LogP contribution in [0.3, 0.4) is 0 Å². The predicted octanol–water partition coefficient (Wildman–Crippen LogP) is 4.04. The number of H-pyrrole nitrogens is 1. The van der Waals surface area contributed by atoms with Gasteiger partial charge < -0.3 is 14.5 Å². The minimum Gasteiger partial charge on any atom is -0.494 e. The molecule has 1 atom stereocenters. The van der Waals surface area contributed by atoms with Crippen LogP contribution in [-0.4, -0.2) is 38.1 Å². The van der Waals surface area contributed by atoms with E-state index >= 15 is 0 Å². The normalized spacial score (nSPS) is 14.7. The van der Waals surface area contributed by atoms with Crippen molar-refractivity contribution in [1.29, 1.82) is 0 Å². The number of fused-ring (bicyclic) bond motifs is 1. The summed E-state index contributed by atoms with van der Waals surface area (Å²) in [5.74, 6) is 0.0704. The van der Waals surface area contributed by atoms with Gasteiger partial charge in [-0.1, -0.05) is 29.5 Å². The van der Waals surface area contributed by atoms with Crippen LogP contribution < -0.4 is 25.2 Å². The summed E-state index contributed by atoms with van der Waals surface area (Å²) in [6, 6.07) is 12.2. The minimum atomic E-state index is -0.817. The van der Waals surface area contributed by atoms with Crippen molar-refractivity contribution >= 4 is 40.8 Å². The molecule has 0 spiro atoms. The molecule has 1 aliphatic rings. The fourth-order valence-electron chi connectivity index (χ4n) is 4.80. The fraction of sp³-hybridized carbons (Fsp3) is 0.258. The molecule has 3 heterocycles. The molecule has 1 aliphatic heterocycles. The van der Waals surface area contributed by atoms with Crippen molar-refractivity contribution in [3.05, 3.63) is 117 Å². The summed E-state index contributed by atoms with van der Waals surface area (Å²) in [5.41, 5.74) is 1.23. The van der Waals surface area contributed by atoms with Crippen molar-refractivity contribution in [2.24, 2.45) is 4.99 Å². The Morgan fingerprint density at radius 3 is 2.56 bits per heavy atom. The van der Waals surface area contributed by atoms with Gasteiger partial charge in [0.2, 0.25) is 0 Å². The van der Waals surface area contributed by atoms with Crippen LogP contribution in [-0.2, 0) is 9.53 Å². The van der Waals surface area contributed by atoms with Crippen LogP contribution in [0.15, 0.2) is 84.4 Å². The number of carbonyl (C=O) groups excluding carboxylic acids is 1. The molecule has 1 N–H and O–H groups in total. The van der Waals surface area contributed by atoms with Gasteiger partial charge in [0.1, 0.15) is 5.75 Å². The number of benzene rings is 2. The highest BCUT2D eigenvalue weighted by Crippen LogP contribution is 2.34. The smallest absolute Gasteiger partial charge is 0.338 e. The van der Waals surface area contributed by atoms with Crippen molar-refractivity contribution in [3.8, 4) is 5.75 Å². The maximum absolute atomic E-state index is 14.0. The average Bonchev–Trinajstić information content (AvgIpc) is 3.26. The summed E-state index contributed by atoms with van der Waals surface area (Å²) in [4.78, 5) is 62.6. The Hall–Kier alpha value is -4.82. The van der Waals surface area contributed by atoms with Gasteiger partial charge in [-0.25, -0.2) is 14.8 Å². The van der Waals surface area contributed by atoms with E-state index in [1.54, 1.807) is 70.2 Å². The van der Waals surface area contributed by atoms with Crippen LogP contribution in [0.2, 0.25) is 0 Å². The molecule has 0 saturated heterocycles. The number of nitro groups is 1. The lowest BCUT2D eigenvalue weighted by molar-refractivity contribution is -0.387. The molecular weight excluding hydrogens is 619 g/mol. The maximum Gasteiger partial charge on any atom is 0.338 e. The number of allylic oxidation sites excluding steroid dienone is 1. The molecule has 0 amide bonds. The first kappa shape index (κ1) is 31.6. The maximum atomic E-state index is 14.0. The molecular formula is C31H29N5O7S2. The number of aryl methyl sites for hydroxylation is 1. The lowest BCUT2D eigenvalue weighted by Gasteiger charge is -2.25. The molecule has 0 fully saturated rings. The molecule has 2 aromatic heterocycles. The number of ether oxygens (including phenoxy) is 2. The summed E-state index contributed by atoms with van der Waals surface area (Å²) < 4.78 is 12.8. The number of hydrogen-bond acceptors (Lipinski definition) is 11. The first-order valence-corrected chi connectivity index (χ1v) is 15.6. The van der Waals surface area contributed by atoms with E-state index in [-0.39, 0.29) is 37.5 Å². The number of thiazole rings is 1. The van der Waals surface area contributed by atoms with E-state index < -0.39 is 22.5 Å². The SMILES string of the molecule is CCOc1ccc([C@H]2C(C(=O)OC(C)C)=C(C)N=c3s/c(=C\c4ccc(Sc5nc(C)cc(=O)[nH]5)c([N+](=O)[O-])c4)c(=O)n32)cc1. The average molecular weight is 648 g/mol. The third-order valence-corrected chi connectivity index (χ3v) is 8.56. The lowest BCUT2D eigenvalue weighted by atomic mass is 9.96. The summed E-state index contributed by atoms with van der Waals surface area (Å²) in [5, 5.41) is 12.2. The van der Waals surface area contributed by atoms with E-state index in [2.05, 4.69) is 15.0 Å². The molecule has 4 aromatic rings. The predicted molar refractivity (Wildman–Crippen MR) is 169 cm³/mol. The van der Waals surface area contributed by atoms with Crippen LogP contribution in [0.25, 0.3) is 6.08 Å². The van der Waals surface area contributed by atoms with Crippen molar-refractivity contribution in [2.75, 3.05) is 6.61 Å². The van der Waals surface area contributed by atoms with Crippen LogP contribution in [0.4, 0.5) is 5.69 Å². The van der Waals surface area contributed by atoms with Crippen molar-refractivity contribution in [2.45, 2.75) is 56.8 Å². The highest BCUT2D eigenvalue weighted by atomic mass is 32.2. The van der Waals surface area contributed by atoms with Gasteiger partial charge in [0.25, 0.3) is 16.8 Å². The number of aromatic amines is 1. The Kier molecular flexibility index (Phi) is 9.16. The summed E-state index contributed by atoms with van der Waals surface area (Å²) in [6.07, 6.45) is 1.17. The van der Waals surface area contributed by atoms with Crippen molar-refractivity contribution in [1.82, 2.24) is 14.5 Å². The molecule has 0 aliphatic carbocycles. The highest BCUT2D eigenvalue weighted by molar-refractivity contribution is 7.99. The topological polar surface area (TPSA) is 159 Å². The van der Waals surface area contributed by atoms with Gasteiger partial charge in [-0.2, -0.15) is 0 Å². The minimum absolute atomic E-state index is 0.215. The Bertz CT molecular complexity index is 2080. The van der Waals surface area contributed by atoms with Crippen LogP contribution in [0, 0.1) is 17.0 Å². The van der Waals surface area contributed by atoms with E-state index in [4.69, 9.17) is 9.47 Å². The second-order valence-corrected chi connectivity index (χ2v) is 12.4. The van der Waals surface area contributed by atoms with E-state index in [0.717, 1.165) is 23.1 Å². The van der Waals surface area contributed by atoms with Gasteiger partial charge in [0.05, 0.1) is 44.4 Å². The Morgan fingerprint density at radius 1 is 1.18 bits per heavy atom. The summed E-state index contributed by atoms with van der Waals surface area (Å²) in [7, 11) is 0. The largest absolute Gasteiger partial charge is 0.494 e. The zero-order chi connectivity index (χ0) is 32.4. The zero-order valence-electron chi connectivity index (χ0n) is 25.0. The van der Waals surface area contributed by atoms with Gasteiger partial charge in [-0.15, -0.1) is 0 Å². The Labute approximate surface area is 264 Å². The van der Waals surface area contributed by atoms with Crippen LogP contribution in [0.1, 0.15) is 50.6 Å². The zero-order valence-corrected chi connectivity index (χ0v) is 26.7.